The number of benzene rings is 1. The number of rotatable bonds is 5. The number of carbonyl (C=O) groups excluding carboxylic acids is 1. The monoisotopic (exact) mass is 304 g/mol. The molecule has 0 saturated heterocycles. The van der Waals surface area contributed by atoms with Crippen LogP contribution in [-0.2, 0) is 17.5 Å². The Kier molecular flexibility index (Phi) is 5.57. The largest absolute Gasteiger partial charge is 0.480 e. The summed E-state index contributed by atoms with van der Waals surface area (Å²) in [5.41, 5.74) is -0.297. The van der Waals surface area contributed by atoms with E-state index in [9.17, 15) is 22.8 Å². The van der Waals surface area contributed by atoms with E-state index in [-0.39, 0.29) is 13.0 Å². The van der Waals surface area contributed by atoms with Gasteiger partial charge in [-0.25, -0.2) is 9.59 Å². The van der Waals surface area contributed by atoms with E-state index in [1.807, 2.05) is 0 Å². The van der Waals surface area contributed by atoms with Gasteiger partial charge in [-0.1, -0.05) is 19.1 Å². The first kappa shape index (κ1) is 16.8. The van der Waals surface area contributed by atoms with Crippen molar-refractivity contribution in [3.63, 3.8) is 0 Å². The van der Waals surface area contributed by atoms with Gasteiger partial charge in [0.05, 0.1) is 5.56 Å². The smallest absolute Gasteiger partial charge is 0.416 e. The van der Waals surface area contributed by atoms with Crippen LogP contribution in [0.1, 0.15) is 24.5 Å². The van der Waals surface area contributed by atoms with Crippen molar-refractivity contribution >= 4 is 12.0 Å². The molecule has 0 bridgehead atoms. The van der Waals surface area contributed by atoms with Crippen LogP contribution < -0.4 is 10.6 Å². The molecule has 0 aliphatic rings. The molecule has 0 radical (unpaired) electrons. The van der Waals surface area contributed by atoms with E-state index >= 15 is 0 Å². The number of carbonyl (C=O) groups is 2. The molecule has 1 aromatic rings. The minimum atomic E-state index is -4.40. The highest BCUT2D eigenvalue weighted by molar-refractivity contribution is 5.82. The average Bonchev–Trinajstić information content (AvgIpc) is 2.41. The lowest BCUT2D eigenvalue weighted by Crippen LogP contribution is -2.45. The Bertz CT molecular complexity index is 500. The Labute approximate surface area is 119 Å². The van der Waals surface area contributed by atoms with Crippen molar-refractivity contribution in [3.05, 3.63) is 35.4 Å². The summed E-state index contributed by atoms with van der Waals surface area (Å²) in [4.78, 5) is 22.2. The molecule has 1 rings (SSSR count). The molecule has 3 N–H and O–H groups in total. The minimum Gasteiger partial charge on any atom is -0.480 e. The lowest BCUT2D eigenvalue weighted by atomic mass is 10.1. The van der Waals surface area contributed by atoms with E-state index < -0.39 is 29.8 Å². The van der Waals surface area contributed by atoms with Crippen molar-refractivity contribution in [2.24, 2.45) is 0 Å². The molecule has 1 atom stereocenters. The van der Waals surface area contributed by atoms with Gasteiger partial charge in [-0.2, -0.15) is 13.2 Å². The fourth-order valence-corrected chi connectivity index (χ4v) is 1.54. The van der Waals surface area contributed by atoms with E-state index in [2.05, 4.69) is 10.6 Å². The predicted octanol–water partition coefficient (Wildman–Crippen LogP) is 2.37. The van der Waals surface area contributed by atoms with Gasteiger partial charge in [0.25, 0.3) is 0 Å². The van der Waals surface area contributed by atoms with Crippen molar-refractivity contribution in [2.45, 2.75) is 32.1 Å². The molecule has 0 saturated carbocycles. The van der Waals surface area contributed by atoms with Gasteiger partial charge in [0, 0.05) is 6.54 Å². The number of hydrogen-bond acceptors (Lipinski definition) is 2. The fourth-order valence-electron chi connectivity index (χ4n) is 1.54. The number of nitrogens with one attached hydrogen (secondary N) is 2. The molecule has 21 heavy (non-hydrogen) atoms. The van der Waals surface area contributed by atoms with Gasteiger partial charge in [-0.05, 0) is 24.1 Å². The lowest BCUT2D eigenvalue weighted by molar-refractivity contribution is -0.139. The molecule has 0 fully saturated rings. The van der Waals surface area contributed by atoms with Crippen molar-refractivity contribution in [1.82, 2.24) is 10.6 Å². The van der Waals surface area contributed by atoms with E-state index in [1.165, 1.54) is 12.1 Å². The summed E-state index contributed by atoms with van der Waals surface area (Å²) in [6, 6.07) is 2.64. The zero-order valence-electron chi connectivity index (χ0n) is 11.2. The Morgan fingerprint density at radius 3 is 2.24 bits per heavy atom. The number of carboxylic acid groups (broad SMARTS) is 1. The fraction of sp³-hybridized carbons (Fsp3) is 0.385. The number of hydrogen-bond donors (Lipinski definition) is 3. The van der Waals surface area contributed by atoms with Crippen LogP contribution in [0, 0.1) is 0 Å². The molecule has 0 spiro atoms. The molecule has 1 unspecified atom stereocenters. The summed E-state index contributed by atoms with van der Waals surface area (Å²) < 4.78 is 37.1. The second-order valence-electron chi connectivity index (χ2n) is 4.32. The summed E-state index contributed by atoms with van der Waals surface area (Å²) in [6.45, 7) is 1.61. The number of urea groups is 1. The van der Waals surface area contributed by atoms with Crippen LogP contribution >= 0.6 is 0 Å². The third-order valence-electron chi connectivity index (χ3n) is 2.75. The predicted molar refractivity (Wildman–Crippen MR) is 68.5 cm³/mol. The number of aliphatic carboxylic acids is 1. The molecule has 8 heteroatoms. The standard InChI is InChI=1S/C13H15F3N2O3/c1-2-10(11(19)20)18-12(21)17-7-8-3-5-9(6-4-8)13(14,15)16/h3-6,10H,2,7H2,1H3,(H,19,20)(H2,17,18,21). The number of carboxylic acids is 1. The highest BCUT2D eigenvalue weighted by Gasteiger charge is 2.29. The third-order valence-corrected chi connectivity index (χ3v) is 2.75. The zero-order valence-corrected chi connectivity index (χ0v) is 11.2. The van der Waals surface area contributed by atoms with Crippen LogP contribution in [-0.4, -0.2) is 23.1 Å². The third kappa shape index (κ3) is 5.33. The van der Waals surface area contributed by atoms with E-state index in [1.54, 1.807) is 6.92 Å². The molecule has 116 valence electrons. The first-order valence-electron chi connectivity index (χ1n) is 6.17. The molecule has 0 heterocycles. The normalized spacial score (nSPS) is 12.6. The van der Waals surface area contributed by atoms with Gasteiger partial charge in [-0.15, -0.1) is 0 Å². The highest BCUT2D eigenvalue weighted by Crippen LogP contribution is 2.28. The molecule has 0 aliphatic heterocycles. The van der Waals surface area contributed by atoms with Crippen molar-refractivity contribution in [2.75, 3.05) is 0 Å². The summed E-state index contributed by atoms with van der Waals surface area (Å²) in [5.74, 6) is -1.15. The Morgan fingerprint density at radius 1 is 1.24 bits per heavy atom. The Hall–Kier alpha value is -2.25. The SMILES string of the molecule is CCC(NC(=O)NCc1ccc(C(F)(F)F)cc1)C(=O)O. The van der Waals surface area contributed by atoms with Crippen LogP contribution in [0.3, 0.4) is 0 Å². The van der Waals surface area contributed by atoms with Crippen LogP contribution in [0.4, 0.5) is 18.0 Å². The molecular formula is C13H15F3N2O3. The van der Waals surface area contributed by atoms with Crippen molar-refractivity contribution in [3.8, 4) is 0 Å². The number of halogens is 3. The summed E-state index contributed by atoms with van der Waals surface area (Å²) in [7, 11) is 0. The van der Waals surface area contributed by atoms with E-state index in [4.69, 9.17) is 5.11 Å². The molecule has 0 aromatic heterocycles. The number of amides is 2. The maximum absolute atomic E-state index is 12.4. The van der Waals surface area contributed by atoms with Gasteiger partial charge in [0.2, 0.25) is 0 Å². The quantitative estimate of drug-likeness (QED) is 0.781. The molecular weight excluding hydrogens is 289 g/mol. The van der Waals surface area contributed by atoms with Crippen LogP contribution in [0.2, 0.25) is 0 Å². The Morgan fingerprint density at radius 2 is 1.81 bits per heavy atom. The van der Waals surface area contributed by atoms with Crippen LogP contribution in [0.15, 0.2) is 24.3 Å². The Balaban J connectivity index is 2.52. The molecule has 0 aliphatic carbocycles. The van der Waals surface area contributed by atoms with Gasteiger partial charge >= 0.3 is 18.2 Å². The minimum absolute atomic E-state index is 0.0000236. The maximum atomic E-state index is 12.4. The second kappa shape index (κ2) is 6.96. The van der Waals surface area contributed by atoms with E-state index in [0.717, 1.165) is 12.1 Å². The van der Waals surface area contributed by atoms with Gasteiger partial charge in [-0.3, -0.25) is 0 Å². The van der Waals surface area contributed by atoms with E-state index in [0.29, 0.717) is 5.56 Å². The molecule has 2 amide bonds. The molecule has 5 nitrogen and oxygen atoms in total. The highest BCUT2D eigenvalue weighted by atomic mass is 19.4. The summed E-state index contributed by atoms with van der Waals surface area (Å²) in [5, 5.41) is 13.4. The van der Waals surface area contributed by atoms with Crippen molar-refractivity contribution < 1.29 is 27.9 Å². The first-order chi connectivity index (χ1) is 9.74. The zero-order chi connectivity index (χ0) is 16.0. The van der Waals surface area contributed by atoms with Crippen LogP contribution in [0.5, 0.6) is 0 Å². The summed E-state index contributed by atoms with van der Waals surface area (Å²) >= 11 is 0. The maximum Gasteiger partial charge on any atom is 0.416 e. The average molecular weight is 304 g/mol. The van der Waals surface area contributed by atoms with Crippen LogP contribution in [0.25, 0.3) is 0 Å². The van der Waals surface area contributed by atoms with Gasteiger partial charge in [0.15, 0.2) is 0 Å². The van der Waals surface area contributed by atoms with Crippen molar-refractivity contribution in [1.29, 1.82) is 0 Å². The van der Waals surface area contributed by atoms with Gasteiger partial charge < -0.3 is 15.7 Å². The second-order valence-corrected chi connectivity index (χ2v) is 4.32. The topological polar surface area (TPSA) is 78.4 Å². The first-order valence-corrected chi connectivity index (χ1v) is 6.17. The van der Waals surface area contributed by atoms with Gasteiger partial charge in [0.1, 0.15) is 6.04 Å². The molecule has 1 aromatic carbocycles. The number of alkyl halides is 3. The lowest BCUT2D eigenvalue weighted by Gasteiger charge is -2.13. The summed E-state index contributed by atoms with van der Waals surface area (Å²) in [6.07, 6.45) is -4.18.